The second-order valence-electron chi connectivity index (χ2n) is 2.93. The van der Waals surface area contributed by atoms with Crippen molar-refractivity contribution in [2.45, 2.75) is 33.3 Å². The van der Waals surface area contributed by atoms with Crippen LogP contribution in [0.15, 0.2) is 10.7 Å². The number of allylic oxidation sites excluding steroid dienone is 1. The zero-order valence-corrected chi connectivity index (χ0v) is 7.95. The Morgan fingerprint density at radius 3 is 2.00 bits per heavy atom. The van der Waals surface area contributed by atoms with Gasteiger partial charge in [0.1, 0.15) is 0 Å². The van der Waals surface area contributed by atoms with Crippen molar-refractivity contribution in [1.29, 1.82) is 0 Å². The largest absolute Gasteiger partial charge is 0.495 e. The molecular weight excluding hydrogens is 180 g/mol. The highest BCUT2D eigenvalue weighted by molar-refractivity contribution is 9.11. The molecule has 0 N–H and O–H groups in total. The fourth-order valence-electron chi connectivity index (χ4n) is 0.258. The lowest BCUT2D eigenvalue weighted by Crippen LogP contribution is -2.15. The minimum atomic E-state index is -0.0744. The van der Waals surface area contributed by atoms with Gasteiger partial charge in [-0.1, -0.05) is 15.9 Å². The van der Waals surface area contributed by atoms with Crippen LogP contribution in [0.1, 0.15) is 27.7 Å². The van der Waals surface area contributed by atoms with E-state index in [2.05, 4.69) is 15.9 Å². The molecule has 0 aromatic carbocycles. The molecule has 2 heteroatoms. The van der Waals surface area contributed by atoms with Gasteiger partial charge in [-0.25, -0.2) is 0 Å². The number of rotatable bonds is 1. The smallest absolute Gasteiger partial charge is 0.0998 e. The third-order valence-corrected chi connectivity index (χ3v) is 0.762. The molecule has 9 heavy (non-hydrogen) atoms. The van der Waals surface area contributed by atoms with Gasteiger partial charge in [0, 0.05) is 4.48 Å². The van der Waals surface area contributed by atoms with Crippen LogP contribution in [0.3, 0.4) is 0 Å². The van der Waals surface area contributed by atoms with Gasteiger partial charge in [0.15, 0.2) is 0 Å². The second-order valence-corrected chi connectivity index (χ2v) is 4.19. The van der Waals surface area contributed by atoms with Gasteiger partial charge in [-0.05, 0) is 27.7 Å². The predicted octanol–water partition coefficient (Wildman–Crippen LogP) is 3.06. The van der Waals surface area contributed by atoms with Gasteiger partial charge in [-0.15, -0.1) is 0 Å². The third-order valence-electron chi connectivity index (χ3n) is 0.575. The van der Waals surface area contributed by atoms with E-state index in [-0.39, 0.29) is 5.60 Å². The summed E-state index contributed by atoms with van der Waals surface area (Å²) in [5, 5.41) is 0. The van der Waals surface area contributed by atoms with E-state index in [1.165, 1.54) is 0 Å². The maximum atomic E-state index is 5.28. The zero-order chi connectivity index (χ0) is 7.49. The van der Waals surface area contributed by atoms with Gasteiger partial charge in [-0.3, -0.25) is 0 Å². The summed E-state index contributed by atoms with van der Waals surface area (Å²) in [7, 11) is 0. The maximum absolute atomic E-state index is 5.28. The van der Waals surface area contributed by atoms with Gasteiger partial charge in [0.25, 0.3) is 0 Å². The Morgan fingerprint density at radius 2 is 1.89 bits per heavy atom. The molecule has 0 aliphatic carbocycles. The summed E-state index contributed by atoms with van der Waals surface area (Å²) in [5.74, 6) is 0. The molecule has 0 saturated carbocycles. The van der Waals surface area contributed by atoms with Crippen molar-refractivity contribution < 1.29 is 4.74 Å². The molecule has 0 saturated heterocycles. The van der Waals surface area contributed by atoms with E-state index in [1.54, 1.807) is 6.26 Å². The summed E-state index contributed by atoms with van der Waals surface area (Å²) in [6.45, 7) is 7.98. The van der Waals surface area contributed by atoms with Gasteiger partial charge < -0.3 is 4.74 Å². The topological polar surface area (TPSA) is 9.23 Å². The molecule has 0 aromatic heterocycles. The summed E-state index contributed by atoms with van der Waals surface area (Å²) in [5.41, 5.74) is -0.0744. The first kappa shape index (κ1) is 9.02. The van der Waals surface area contributed by atoms with Crippen molar-refractivity contribution in [2.24, 2.45) is 0 Å². The minimum absolute atomic E-state index is 0.0744. The van der Waals surface area contributed by atoms with Crippen LogP contribution in [0.4, 0.5) is 0 Å². The number of hydrogen-bond donors (Lipinski definition) is 0. The molecule has 0 radical (unpaired) electrons. The van der Waals surface area contributed by atoms with E-state index in [0.717, 1.165) is 4.48 Å². The molecule has 0 aromatic rings. The Balaban J connectivity index is 3.64. The van der Waals surface area contributed by atoms with Crippen LogP contribution in [-0.4, -0.2) is 5.60 Å². The monoisotopic (exact) mass is 192 g/mol. The van der Waals surface area contributed by atoms with Crippen LogP contribution >= 0.6 is 15.9 Å². The fraction of sp³-hybridized carbons (Fsp3) is 0.714. The van der Waals surface area contributed by atoms with Crippen LogP contribution in [0.5, 0.6) is 0 Å². The predicted molar refractivity (Wildman–Crippen MR) is 43.5 cm³/mol. The van der Waals surface area contributed by atoms with Crippen LogP contribution < -0.4 is 0 Å². The summed E-state index contributed by atoms with van der Waals surface area (Å²) in [6, 6.07) is 0. The lowest BCUT2D eigenvalue weighted by molar-refractivity contribution is 0.0761. The van der Waals surface area contributed by atoms with E-state index >= 15 is 0 Å². The first-order chi connectivity index (χ1) is 3.92. The van der Waals surface area contributed by atoms with Crippen molar-refractivity contribution >= 4 is 15.9 Å². The quantitative estimate of drug-likeness (QED) is 0.581. The van der Waals surface area contributed by atoms with E-state index in [4.69, 9.17) is 4.74 Å². The average Bonchev–Trinajstić information content (AvgIpc) is 1.59. The molecule has 0 aliphatic rings. The molecule has 0 unspecified atom stereocenters. The van der Waals surface area contributed by atoms with Crippen molar-refractivity contribution in [3.8, 4) is 0 Å². The molecule has 1 nitrogen and oxygen atoms in total. The summed E-state index contributed by atoms with van der Waals surface area (Å²) >= 11 is 3.26. The average molecular weight is 193 g/mol. The highest BCUT2D eigenvalue weighted by Gasteiger charge is 2.07. The maximum Gasteiger partial charge on any atom is 0.0998 e. The first-order valence-corrected chi connectivity index (χ1v) is 3.71. The Labute approximate surface area is 65.2 Å². The lowest BCUT2D eigenvalue weighted by atomic mass is 10.2. The molecule has 0 heterocycles. The molecule has 0 atom stereocenters. The van der Waals surface area contributed by atoms with Crippen LogP contribution in [0.25, 0.3) is 0 Å². The minimum Gasteiger partial charge on any atom is -0.495 e. The van der Waals surface area contributed by atoms with Gasteiger partial charge >= 0.3 is 0 Å². The Morgan fingerprint density at radius 1 is 1.44 bits per heavy atom. The van der Waals surface area contributed by atoms with Crippen molar-refractivity contribution in [3.05, 3.63) is 10.7 Å². The van der Waals surface area contributed by atoms with Gasteiger partial charge in [0.2, 0.25) is 0 Å². The summed E-state index contributed by atoms with van der Waals surface area (Å²) in [4.78, 5) is 0. The van der Waals surface area contributed by atoms with Crippen LogP contribution in [0.2, 0.25) is 0 Å². The molecule has 0 amide bonds. The lowest BCUT2D eigenvalue weighted by Gasteiger charge is -2.17. The van der Waals surface area contributed by atoms with Gasteiger partial charge in [-0.2, -0.15) is 0 Å². The fourth-order valence-corrected chi connectivity index (χ4v) is 0.351. The molecule has 54 valence electrons. The highest BCUT2D eigenvalue weighted by atomic mass is 79.9. The molecular formula is C7H13BrO. The Kier molecular flexibility index (Phi) is 3.26. The zero-order valence-electron chi connectivity index (χ0n) is 6.36. The Bertz CT molecular complexity index is 107. The SMILES string of the molecule is C/C(Br)=C\OC(C)(C)C. The molecule has 0 fully saturated rings. The van der Waals surface area contributed by atoms with E-state index in [9.17, 15) is 0 Å². The van der Waals surface area contributed by atoms with Crippen LogP contribution in [0, 0.1) is 0 Å². The van der Waals surface area contributed by atoms with Crippen LogP contribution in [-0.2, 0) is 4.74 Å². The van der Waals surface area contributed by atoms with E-state index < -0.39 is 0 Å². The number of halogens is 1. The van der Waals surface area contributed by atoms with Gasteiger partial charge in [0.05, 0.1) is 11.9 Å². The highest BCUT2D eigenvalue weighted by Crippen LogP contribution is 2.10. The normalized spacial score (nSPS) is 13.7. The second kappa shape index (κ2) is 3.25. The third kappa shape index (κ3) is 8.02. The Hall–Kier alpha value is 0.0200. The van der Waals surface area contributed by atoms with E-state index in [1.807, 2.05) is 27.7 Å². The number of hydrogen-bond acceptors (Lipinski definition) is 1. The van der Waals surface area contributed by atoms with E-state index in [0.29, 0.717) is 0 Å². The summed E-state index contributed by atoms with van der Waals surface area (Å²) in [6.07, 6.45) is 1.71. The number of ether oxygens (including phenoxy) is 1. The molecule has 0 rings (SSSR count). The standard InChI is InChI=1S/C7H13BrO/c1-6(8)5-9-7(2,3)4/h5H,1-4H3/b6-5+. The molecule has 0 spiro atoms. The summed E-state index contributed by atoms with van der Waals surface area (Å²) < 4.78 is 6.29. The van der Waals surface area contributed by atoms with Crippen molar-refractivity contribution in [2.75, 3.05) is 0 Å². The van der Waals surface area contributed by atoms with Crippen molar-refractivity contribution in [3.63, 3.8) is 0 Å². The first-order valence-electron chi connectivity index (χ1n) is 2.92. The molecule has 0 aliphatic heterocycles. The van der Waals surface area contributed by atoms with Crippen molar-refractivity contribution in [1.82, 2.24) is 0 Å². The molecule has 0 bridgehead atoms.